The summed E-state index contributed by atoms with van der Waals surface area (Å²) in [5.41, 5.74) is 3.54. The maximum atomic E-state index is 11.2. The third-order valence-electron chi connectivity index (χ3n) is 2.89. The molecule has 0 aliphatic rings. The molecule has 0 spiro atoms. The highest BCUT2D eigenvalue weighted by atomic mass is 32.2. The number of hydrogen-bond acceptors (Lipinski definition) is 5. The lowest BCUT2D eigenvalue weighted by atomic mass is 10.1. The number of aryl methyl sites for hydroxylation is 2. The number of nitriles is 1. The standard InChI is InChI=1S/C15H14N2O2S/c1-9-4-10(2)14-11(5-9)6-12(7-16)15(17-14)20-8-13(18)19-3/h4-6H,8H2,1-3H3. The smallest absolute Gasteiger partial charge is 0.316 e. The molecule has 0 aliphatic carbocycles. The van der Waals surface area contributed by atoms with Crippen molar-refractivity contribution >= 4 is 28.6 Å². The summed E-state index contributed by atoms with van der Waals surface area (Å²) in [5, 5.41) is 10.7. The van der Waals surface area contributed by atoms with Crippen molar-refractivity contribution in [1.82, 2.24) is 4.98 Å². The van der Waals surface area contributed by atoms with Crippen molar-refractivity contribution in [2.75, 3.05) is 12.9 Å². The Balaban J connectivity index is 2.49. The Morgan fingerprint density at radius 1 is 1.40 bits per heavy atom. The first kappa shape index (κ1) is 14.4. The number of pyridine rings is 1. The normalized spacial score (nSPS) is 10.3. The second-order valence-corrected chi connectivity index (χ2v) is 5.44. The molecule has 20 heavy (non-hydrogen) atoms. The van der Waals surface area contributed by atoms with Gasteiger partial charge in [0.2, 0.25) is 0 Å². The minimum absolute atomic E-state index is 0.147. The molecule has 0 aliphatic heterocycles. The maximum Gasteiger partial charge on any atom is 0.316 e. The van der Waals surface area contributed by atoms with Crippen molar-refractivity contribution in [3.05, 3.63) is 34.9 Å². The Labute approximate surface area is 121 Å². The van der Waals surface area contributed by atoms with E-state index in [0.29, 0.717) is 10.6 Å². The Morgan fingerprint density at radius 2 is 2.15 bits per heavy atom. The number of rotatable bonds is 3. The zero-order chi connectivity index (χ0) is 14.7. The predicted octanol–water partition coefficient (Wildman–Crippen LogP) is 2.99. The van der Waals surface area contributed by atoms with Crippen LogP contribution in [0.2, 0.25) is 0 Å². The van der Waals surface area contributed by atoms with Crippen LogP contribution >= 0.6 is 11.8 Å². The summed E-state index contributed by atoms with van der Waals surface area (Å²) >= 11 is 1.22. The van der Waals surface area contributed by atoms with E-state index in [1.54, 1.807) is 0 Å². The molecule has 0 radical (unpaired) electrons. The molecule has 2 aromatic rings. The fourth-order valence-corrected chi connectivity index (χ4v) is 2.80. The molecule has 0 fully saturated rings. The summed E-state index contributed by atoms with van der Waals surface area (Å²) in [5.74, 6) is -0.185. The molecule has 0 saturated heterocycles. The number of esters is 1. The molecular formula is C15H14N2O2S. The summed E-state index contributed by atoms with van der Waals surface area (Å²) in [6, 6.07) is 8.01. The topological polar surface area (TPSA) is 63.0 Å². The zero-order valence-electron chi connectivity index (χ0n) is 11.6. The van der Waals surface area contributed by atoms with Crippen LogP contribution < -0.4 is 0 Å². The number of thioether (sulfide) groups is 1. The molecule has 0 unspecified atom stereocenters. The molecule has 5 heteroatoms. The van der Waals surface area contributed by atoms with Gasteiger partial charge in [0.25, 0.3) is 0 Å². The molecule has 4 nitrogen and oxygen atoms in total. The van der Waals surface area contributed by atoms with Gasteiger partial charge in [-0.1, -0.05) is 23.4 Å². The zero-order valence-corrected chi connectivity index (χ0v) is 12.4. The lowest BCUT2D eigenvalue weighted by Crippen LogP contribution is -2.04. The van der Waals surface area contributed by atoms with E-state index < -0.39 is 0 Å². The van der Waals surface area contributed by atoms with Gasteiger partial charge in [-0.25, -0.2) is 4.98 Å². The van der Waals surface area contributed by atoms with Crippen molar-refractivity contribution in [2.45, 2.75) is 18.9 Å². The molecule has 102 valence electrons. The van der Waals surface area contributed by atoms with Gasteiger partial charge in [0, 0.05) is 5.39 Å². The molecule has 0 atom stereocenters. The molecule has 2 rings (SSSR count). The van der Waals surface area contributed by atoms with Crippen LogP contribution in [0.4, 0.5) is 0 Å². The summed E-state index contributed by atoms with van der Waals surface area (Å²) in [4.78, 5) is 15.7. The molecule has 1 aromatic carbocycles. The summed E-state index contributed by atoms with van der Waals surface area (Å²) in [6.45, 7) is 4.00. The number of carbonyl (C=O) groups excluding carboxylic acids is 1. The fourth-order valence-electron chi connectivity index (χ4n) is 2.01. The number of nitrogens with zero attached hydrogens (tertiary/aromatic N) is 2. The minimum atomic E-state index is -0.332. The van der Waals surface area contributed by atoms with Gasteiger partial charge in [-0.2, -0.15) is 5.26 Å². The first-order chi connectivity index (χ1) is 9.55. The van der Waals surface area contributed by atoms with Crippen LogP contribution in [0.15, 0.2) is 23.2 Å². The van der Waals surface area contributed by atoms with E-state index in [-0.39, 0.29) is 11.7 Å². The highest BCUT2D eigenvalue weighted by Crippen LogP contribution is 2.27. The largest absolute Gasteiger partial charge is 0.468 e. The summed E-state index contributed by atoms with van der Waals surface area (Å²) in [7, 11) is 1.34. The van der Waals surface area contributed by atoms with Gasteiger partial charge in [-0.05, 0) is 31.5 Å². The average Bonchev–Trinajstić information content (AvgIpc) is 2.43. The molecule has 0 amide bonds. The number of benzene rings is 1. The van der Waals surface area contributed by atoms with Crippen molar-refractivity contribution in [1.29, 1.82) is 5.26 Å². The van der Waals surface area contributed by atoms with Crippen LogP contribution in [-0.4, -0.2) is 23.8 Å². The Bertz CT molecular complexity index is 720. The van der Waals surface area contributed by atoms with E-state index in [1.807, 2.05) is 26.0 Å². The molecule has 0 saturated carbocycles. The Hall–Kier alpha value is -2.06. The van der Waals surface area contributed by atoms with Crippen molar-refractivity contribution < 1.29 is 9.53 Å². The third-order valence-corrected chi connectivity index (χ3v) is 3.86. The Kier molecular flexibility index (Phi) is 4.26. The van der Waals surface area contributed by atoms with Crippen LogP contribution in [-0.2, 0) is 9.53 Å². The molecule has 0 N–H and O–H groups in total. The number of aromatic nitrogens is 1. The van der Waals surface area contributed by atoms with E-state index in [2.05, 4.69) is 21.9 Å². The van der Waals surface area contributed by atoms with Gasteiger partial charge in [-0.15, -0.1) is 0 Å². The van der Waals surface area contributed by atoms with Crippen molar-refractivity contribution in [3.8, 4) is 6.07 Å². The summed E-state index contributed by atoms with van der Waals surface area (Å²) < 4.78 is 4.60. The predicted molar refractivity (Wildman–Crippen MR) is 78.7 cm³/mol. The minimum Gasteiger partial charge on any atom is -0.468 e. The monoisotopic (exact) mass is 286 g/mol. The molecule has 1 heterocycles. The van der Waals surface area contributed by atoms with E-state index in [0.717, 1.165) is 22.0 Å². The SMILES string of the molecule is COC(=O)CSc1nc2c(C)cc(C)cc2cc1C#N. The molecular weight excluding hydrogens is 272 g/mol. The maximum absolute atomic E-state index is 11.2. The first-order valence-corrected chi connectivity index (χ1v) is 7.05. The average molecular weight is 286 g/mol. The second kappa shape index (κ2) is 5.93. The number of ether oxygens (including phenoxy) is 1. The highest BCUT2D eigenvalue weighted by molar-refractivity contribution is 7.99. The van der Waals surface area contributed by atoms with Crippen LogP contribution in [0.3, 0.4) is 0 Å². The highest BCUT2D eigenvalue weighted by Gasteiger charge is 2.11. The van der Waals surface area contributed by atoms with E-state index in [1.165, 1.54) is 18.9 Å². The second-order valence-electron chi connectivity index (χ2n) is 4.47. The number of hydrogen-bond donors (Lipinski definition) is 0. The van der Waals surface area contributed by atoms with Gasteiger partial charge >= 0.3 is 5.97 Å². The third kappa shape index (κ3) is 2.91. The van der Waals surface area contributed by atoms with E-state index >= 15 is 0 Å². The van der Waals surface area contributed by atoms with Gasteiger partial charge in [0.15, 0.2) is 0 Å². The van der Waals surface area contributed by atoms with Gasteiger partial charge in [0.1, 0.15) is 11.1 Å². The lowest BCUT2D eigenvalue weighted by Gasteiger charge is -2.08. The van der Waals surface area contributed by atoms with Crippen molar-refractivity contribution in [2.24, 2.45) is 0 Å². The molecule has 0 bridgehead atoms. The fraction of sp³-hybridized carbons (Fsp3) is 0.267. The van der Waals surface area contributed by atoms with Crippen LogP contribution in [0, 0.1) is 25.2 Å². The van der Waals surface area contributed by atoms with Crippen LogP contribution in [0.1, 0.15) is 16.7 Å². The lowest BCUT2D eigenvalue weighted by molar-refractivity contribution is -0.137. The van der Waals surface area contributed by atoms with E-state index in [9.17, 15) is 10.1 Å². The van der Waals surface area contributed by atoms with E-state index in [4.69, 9.17) is 0 Å². The summed E-state index contributed by atoms with van der Waals surface area (Å²) in [6.07, 6.45) is 0. The van der Waals surface area contributed by atoms with Crippen LogP contribution in [0.25, 0.3) is 10.9 Å². The van der Waals surface area contributed by atoms with Gasteiger partial charge < -0.3 is 4.74 Å². The number of carbonyl (C=O) groups is 1. The Morgan fingerprint density at radius 3 is 2.80 bits per heavy atom. The van der Waals surface area contributed by atoms with Crippen molar-refractivity contribution in [3.63, 3.8) is 0 Å². The quantitative estimate of drug-likeness (QED) is 0.641. The molecule has 1 aromatic heterocycles. The van der Waals surface area contributed by atoms with Crippen LogP contribution in [0.5, 0.6) is 0 Å². The number of fused-ring (bicyclic) bond motifs is 1. The number of methoxy groups -OCH3 is 1. The van der Waals surface area contributed by atoms with Gasteiger partial charge in [-0.3, -0.25) is 4.79 Å². The first-order valence-electron chi connectivity index (χ1n) is 6.07. The van der Waals surface area contributed by atoms with Gasteiger partial charge in [0.05, 0.1) is 23.9 Å².